The largest absolute Gasteiger partial charge is 0.461 e. The molecule has 1 fully saturated rings. The van der Waals surface area contributed by atoms with Crippen molar-refractivity contribution in [3.63, 3.8) is 0 Å². The normalized spacial score (nSPS) is 16.0. The first-order chi connectivity index (χ1) is 11.3. The Balaban J connectivity index is 1.67. The van der Waals surface area contributed by atoms with Gasteiger partial charge in [0.1, 0.15) is 0 Å². The van der Waals surface area contributed by atoms with Gasteiger partial charge in [0, 0.05) is 18.9 Å². The summed E-state index contributed by atoms with van der Waals surface area (Å²) in [5.41, 5.74) is 2.67. The van der Waals surface area contributed by atoms with E-state index in [0.29, 0.717) is 19.0 Å². The molecule has 1 unspecified atom stereocenters. The van der Waals surface area contributed by atoms with Crippen molar-refractivity contribution < 1.29 is 9.31 Å². The Hall–Kier alpha value is -1.62. The van der Waals surface area contributed by atoms with Gasteiger partial charge in [-0.1, -0.05) is 67.6 Å². The number of rotatable bonds is 7. The molecule has 1 aliphatic rings. The van der Waals surface area contributed by atoms with Crippen LogP contribution in [0.3, 0.4) is 0 Å². The Kier molecular flexibility index (Phi) is 5.86. The fraction of sp³-hybridized carbons (Fsp3) is 0.368. The molecule has 0 aliphatic carbocycles. The molecule has 2 aromatic carbocycles. The van der Waals surface area contributed by atoms with Crippen molar-refractivity contribution in [1.82, 2.24) is 4.90 Å². The average Bonchev–Trinajstić information content (AvgIpc) is 3.11. The lowest BCUT2D eigenvalue weighted by Gasteiger charge is -2.26. The summed E-state index contributed by atoms with van der Waals surface area (Å²) in [6, 6.07) is 21.3. The van der Waals surface area contributed by atoms with Crippen LogP contribution >= 0.6 is 0 Å². The van der Waals surface area contributed by atoms with Crippen LogP contribution in [0.2, 0.25) is 5.82 Å². The highest BCUT2D eigenvalue weighted by Crippen LogP contribution is 2.20. The van der Waals surface area contributed by atoms with Crippen LogP contribution in [0, 0.1) is 0 Å². The van der Waals surface area contributed by atoms with Crippen LogP contribution in [-0.4, -0.2) is 31.8 Å². The molecular weight excluding hydrogens is 285 g/mol. The molecule has 0 aromatic heterocycles. The molecule has 3 rings (SSSR count). The topological polar surface area (TPSA) is 21.7 Å². The lowest BCUT2D eigenvalue weighted by molar-refractivity contribution is 0.241. The average molecular weight is 309 g/mol. The van der Waals surface area contributed by atoms with Crippen LogP contribution < -0.4 is 0 Å². The molecule has 120 valence electrons. The predicted molar refractivity (Wildman–Crippen MR) is 94.1 cm³/mol. The van der Waals surface area contributed by atoms with Crippen molar-refractivity contribution in [2.24, 2.45) is 0 Å². The number of benzene rings is 2. The number of nitrogens with zero attached hydrogens (tertiary/aromatic N) is 1. The zero-order valence-electron chi connectivity index (χ0n) is 13.7. The zero-order valence-corrected chi connectivity index (χ0v) is 13.7. The molecule has 0 spiro atoms. The molecule has 0 N–H and O–H groups in total. The highest BCUT2D eigenvalue weighted by molar-refractivity contribution is 6.46. The number of hydrogen-bond acceptors (Lipinski definition) is 3. The van der Waals surface area contributed by atoms with E-state index in [-0.39, 0.29) is 7.12 Å². The van der Waals surface area contributed by atoms with E-state index in [1.807, 2.05) is 0 Å². The first kappa shape index (κ1) is 16.3. The molecule has 4 heteroatoms. The van der Waals surface area contributed by atoms with Gasteiger partial charge >= 0.3 is 7.12 Å². The molecule has 0 radical (unpaired) electrons. The third-order valence-electron chi connectivity index (χ3n) is 4.16. The minimum Gasteiger partial charge on any atom is -0.409 e. The van der Waals surface area contributed by atoms with E-state index in [0.717, 1.165) is 19.6 Å². The second-order valence-electron chi connectivity index (χ2n) is 6.23. The molecule has 1 heterocycles. The summed E-state index contributed by atoms with van der Waals surface area (Å²) >= 11 is 0. The third kappa shape index (κ3) is 4.93. The Labute approximate surface area is 139 Å². The fourth-order valence-electron chi connectivity index (χ4n) is 3.07. The molecule has 1 atom stereocenters. The minimum absolute atomic E-state index is 0.0657. The van der Waals surface area contributed by atoms with E-state index in [4.69, 9.17) is 9.31 Å². The lowest BCUT2D eigenvalue weighted by atomic mass is 9.73. The second kappa shape index (κ2) is 8.30. The van der Waals surface area contributed by atoms with E-state index in [1.165, 1.54) is 11.1 Å². The van der Waals surface area contributed by atoms with Crippen LogP contribution in [0.15, 0.2) is 60.7 Å². The monoisotopic (exact) mass is 309 g/mol. The smallest absolute Gasteiger partial charge is 0.409 e. The predicted octanol–water partition coefficient (Wildman–Crippen LogP) is 3.61. The van der Waals surface area contributed by atoms with Gasteiger partial charge in [0.15, 0.2) is 0 Å². The molecule has 3 nitrogen and oxygen atoms in total. The van der Waals surface area contributed by atoms with Gasteiger partial charge in [0.2, 0.25) is 0 Å². The molecule has 0 saturated carbocycles. The highest BCUT2D eigenvalue weighted by atomic mass is 16.6. The first-order valence-electron chi connectivity index (χ1n) is 8.34. The van der Waals surface area contributed by atoms with Gasteiger partial charge in [-0.15, -0.1) is 0 Å². The van der Waals surface area contributed by atoms with Gasteiger partial charge in [-0.05, 0) is 17.7 Å². The van der Waals surface area contributed by atoms with Crippen LogP contribution in [-0.2, 0) is 22.4 Å². The van der Waals surface area contributed by atoms with Crippen molar-refractivity contribution >= 4 is 7.12 Å². The maximum Gasteiger partial charge on any atom is 0.461 e. The second-order valence-corrected chi connectivity index (χ2v) is 6.23. The summed E-state index contributed by atoms with van der Waals surface area (Å²) in [5, 5.41) is 0. The van der Waals surface area contributed by atoms with Crippen molar-refractivity contribution in [3.8, 4) is 0 Å². The quantitative estimate of drug-likeness (QED) is 0.729. The lowest BCUT2D eigenvalue weighted by Crippen LogP contribution is -2.33. The fourth-order valence-corrected chi connectivity index (χ4v) is 3.07. The highest BCUT2D eigenvalue weighted by Gasteiger charge is 2.31. The van der Waals surface area contributed by atoms with Crippen molar-refractivity contribution in [1.29, 1.82) is 0 Å². The van der Waals surface area contributed by atoms with Gasteiger partial charge in [0.25, 0.3) is 0 Å². The van der Waals surface area contributed by atoms with Crippen molar-refractivity contribution in [3.05, 3.63) is 71.8 Å². The van der Waals surface area contributed by atoms with Crippen LogP contribution in [0.4, 0.5) is 0 Å². The van der Waals surface area contributed by atoms with Crippen molar-refractivity contribution in [2.75, 3.05) is 19.8 Å². The summed E-state index contributed by atoms with van der Waals surface area (Å²) in [6.45, 7) is 6.46. The van der Waals surface area contributed by atoms with Crippen LogP contribution in [0.25, 0.3) is 0 Å². The Morgan fingerprint density at radius 3 is 1.83 bits per heavy atom. The first-order valence-corrected chi connectivity index (χ1v) is 8.34. The summed E-state index contributed by atoms with van der Waals surface area (Å²) in [6.07, 6.45) is 0. The van der Waals surface area contributed by atoms with Gasteiger partial charge in [0.05, 0.1) is 13.2 Å². The molecule has 0 amide bonds. The van der Waals surface area contributed by atoms with E-state index >= 15 is 0 Å². The molecular formula is C19H24BNO2. The van der Waals surface area contributed by atoms with Crippen LogP contribution in [0.1, 0.15) is 18.1 Å². The maximum absolute atomic E-state index is 5.67. The van der Waals surface area contributed by atoms with Gasteiger partial charge < -0.3 is 9.31 Å². The van der Waals surface area contributed by atoms with Gasteiger partial charge in [-0.3, -0.25) is 4.90 Å². The van der Waals surface area contributed by atoms with E-state index in [2.05, 4.69) is 72.5 Å². The Morgan fingerprint density at radius 2 is 1.35 bits per heavy atom. The maximum atomic E-state index is 5.67. The molecule has 2 aromatic rings. The molecule has 1 saturated heterocycles. The summed E-state index contributed by atoms with van der Waals surface area (Å²) < 4.78 is 11.3. The SMILES string of the molecule is CC(CN(Cc1ccccc1)Cc1ccccc1)B1OCCO1. The number of hydrogen-bond donors (Lipinski definition) is 0. The van der Waals surface area contributed by atoms with Gasteiger partial charge in [-0.2, -0.15) is 0 Å². The minimum atomic E-state index is -0.0657. The third-order valence-corrected chi connectivity index (χ3v) is 4.16. The Morgan fingerprint density at radius 1 is 0.870 bits per heavy atom. The van der Waals surface area contributed by atoms with Crippen molar-refractivity contribution in [2.45, 2.75) is 25.8 Å². The zero-order chi connectivity index (χ0) is 15.9. The summed E-state index contributed by atoms with van der Waals surface area (Å²) in [7, 11) is -0.0657. The molecule has 23 heavy (non-hydrogen) atoms. The Bertz CT molecular complexity index is 531. The van der Waals surface area contributed by atoms with E-state index < -0.39 is 0 Å². The molecule has 0 bridgehead atoms. The summed E-state index contributed by atoms with van der Waals surface area (Å²) in [5.74, 6) is 0.352. The van der Waals surface area contributed by atoms with Crippen LogP contribution in [0.5, 0.6) is 0 Å². The van der Waals surface area contributed by atoms with Gasteiger partial charge in [-0.25, -0.2) is 0 Å². The van der Waals surface area contributed by atoms with E-state index in [1.54, 1.807) is 0 Å². The standard InChI is InChI=1S/C19H24BNO2/c1-17(20-22-12-13-23-20)14-21(15-18-8-4-2-5-9-18)16-19-10-6-3-7-11-19/h2-11,17H,12-16H2,1H3. The molecule has 1 aliphatic heterocycles. The van der Waals surface area contributed by atoms with E-state index in [9.17, 15) is 0 Å². The summed E-state index contributed by atoms with van der Waals surface area (Å²) in [4.78, 5) is 2.47.